The maximum atomic E-state index is 12.3. The van der Waals surface area contributed by atoms with Crippen LogP contribution < -0.4 is 10.1 Å². The second-order valence-corrected chi connectivity index (χ2v) is 5.28. The second-order valence-electron chi connectivity index (χ2n) is 4.72. The molecule has 102 valence electrons. The number of carbonyl (C=O) groups excluding carboxylic acids is 1. The van der Waals surface area contributed by atoms with Crippen LogP contribution in [0.1, 0.15) is 17.0 Å². The second kappa shape index (κ2) is 5.67. The standard InChI is InChI=1S/C16H14BrNO2/c17-9-11-5-7-12(8-6-11)18-16(19)14-10-20-15-4-2-1-3-13(14)15/h1-8,14H,9-10H2,(H,18,19). The van der Waals surface area contributed by atoms with E-state index in [9.17, 15) is 4.79 Å². The van der Waals surface area contributed by atoms with Gasteiger partial charge in [0.25, 0.3) is 0 Å². The zero-order valence-electron chi connectivity index (χ0n) is 10.8. The number of anilines is 1. The van der Waals surface area contributed by atoms with Crippen LogP contribution in [-0.2, 0) is 10.1 Å². The molecular formula is C16H14BrNO2. The predicted molar refractivity (Wildman–Crippen MR) is 82.4 cm³/mol. The van der Waals surface area contributed by atoms with E-state index in [0.29, 0.717) is 6.61 Å². The van der Waals surface area contributed by atoms with Gasteiger partial charge in [-0.05, 0) is 23.8 Å². The van der Waals surface area contributed by atoms with Gasteiger partial charge in [0.15, 0.2) is 0 Å². The molecule has 1 unspecified atom stereocenters. The van der Waals surface area contributed by atoms with Crippen molar-refractivity contribution in [3.05, 3.63) is 59.7 Å². The number of benzene rings is 2. The maximum absolute atomic E-state index is 12.3. The van der Waals surface area contributed by atoms with Gasteiger partial charge in [0.05, 0.1) is 0 Å². The molecule has 4 heteroatoms. The van der Waals surface area contributed by atoms with Gasteiger partial charge in [-0.2, -0.15) is 0 Å². The summed E-state index contributed by atoms with van der Waals surface area (Å²) in [6, 6.07) is 15.5. The summed E-state index contributed by atoms with van der Waals surface area (Å²) >= 11 is 3.40. The van der Waals surface area contributed by atoms with E-state index >= 15 is 0 Å². The van der Waals surface area contributed by atoms with Crippen LogP contribution in [0.2, 0.25) is 0 Å². The molecule has 1 N–H and O–H groups in total. The molecule has 0 bridgehead atoms. The Morgan fingerprint density at radius 2 is 1.95 bits per heavy atom. The summed E-state index contributed by atoms with van der Waals surface area (Å²) in [7, 11) is 0. The quantitative estimate of drug-likeness (QED) is 0.871. The van der Waals surface area contributed by atoms with Crippen molar-refractivity contribution in [2.75, 3.05) is 11.9 Å². The van der Waals surface area contributed by atoms with Crippen LogP contribution >= 0.6 is 15.9 Å². The lowest BCUT2D eigenvalue weighted by Gasteiger charge is -2.10. The van der Waals surface area contributed by atoms with Crippen LogP contribution in [0.25, 0.3) is 0 Å². The van der Waals surface area contributed by atoms with Gasteiger partial charge in [-0.15, -0.1) is 0 Å². The number of hydrogen-bond donors (Lipinski definition) is 1. The first kappa shape index (κ1) is 13.2. The number of para-hydroxylation sites is 1. The van der Waals surface area contributed by atoms with E-state index in [1.165, 1.54) is 5.56 Å². The molecule has 0 radical (unpaired) electrons. The fraction of sp³-hybridized carbons (Fsp3) is 0.188. The van der Waals surface area contributed by atoms with Crippen molar-refractivity contribution in [3.8, 4) is 5.75 Å². The Hall–Kier alpha value is -1.81. The number of carbonyl (C=O) groups is 1. The van der Waals surface area contributed by atoms with E-state index in [0.717, 1.165) is 22.3 Å². The molecular weight excluding hydrogens is 318 g/mol. The van der Waals surface area contributed by atoms with E-state index < -0.39 is 0 Å². The number of rotatable bonds is 3. The van der Waals surface area contributed by atoms with E-state index in [1.54, 1.807) is 0 Å². The van der Waals surface area contributed by atoms with Crippen LogP contribution in [0.15, 0.2) is 48.5 Å². The molecule has 1 atom stereocenters. The number of hydrogen-bond acceptors (Lipinski definition) is 2. The smallest absolute Gasteiger partial charge is 0.235 e. The topological polar surface area (TPSA) is 38.3 Å². The van der Waals surface area contributed by atoms with Crippen molar-refractivity contribution in [2.45, 2.75) is 11.2 Å². The average molecular weight is 332 g/mol. The number of nitrogens with one attached hydrogen (secondary N) is 1. The summed E-state index contributed by atoms with van der Waals surface area (Å²) in [5.41, 5.74) is 2.95. The van der Waals surface area contributed by atoms with Crippen LogP contribution in [0.5, 0.6) is 5.75 Å². The number of alkyl halides is 1. The minimum Gasteiger partial charge on any atom is -0.492 e. The first-order valence-electron chi connectivity index (χ1n) is 6.45. The molecule has 0 saturated heterocycles. The zero-order valence-corrected chi connectivity index (χ0v) is 12.4. The Labute approximate surface area is 126 Å². The third kappa shape index (κ3) is 2.56. The fourth-order valence-corrected chi connectivity index (χ4v) is 2.66. The summed E-state index contributed by atoms with van der Waals surface area (Å²) in [4.78, 5) is 12.3. The molecule has 20 heavy (non-hydrogen) atoms. The molecule has 0 aromatic heterocycles. The Morgan fingerprint density at radius 3 is 2.70 bits per heavy atom. The van der Waals surface area contributed by atoms with Gasteiger partial charge in [0, 0.05) is 16.6 Å². The highest BCUT2D eigenvalue weighted by Gasteiger charge is 2.29. The predicted octanol–water partition coefficient (Wildman–Crippen LogP) is 3.70. The Morgan fingerprint density at radius 1 is 1.20 bits per heavy atom. The number of ether oxygens (including phenoxy) is 1. The van der Waals surface area contributed by atoms with Gasteiger partial charge >= 0.3 is 0 Å². The first-order chi connectivity index (χ1) is 9.78. The minimum atomic E-state index is -0.234. The third-order valence-electron chi connectivity index (χ3n) is 3.39. The Balaban J connectivity index is 1.74. The highest BCUT2D eigenvalue weighted by atomic mass is 79.9. The van der Waals surface area contributed by atoms with Crippen LogP contribution in [0.3, 0.4) is 0 Å². The van der Waals surface area contributed by atoms with Gasteiger partial charge in [0.1, 0.15) is 18.3 Å². The summed E-state index contributed by atoms with van der Waals surface area (Å²) in [6.07, 6.45) is 0. The summed E-state index contributed by atoms with van der Waals surface area (Å²) < 4.78 is 5.54. The summed E-state index contributed by atoms with van der Waals surface area (Å²) in [6.45, 7) is 0.407. The van der Waals surface area contributed by atoms with Crippen molar-refractivity contribution in [3.63, 3.8) is 0 Å². The monoisotopic (exact) mass is 331 g/mol. The molecule has 1 heterocycles. The molecule has 0 fully saturated rings. The Bertz CT molecular complexity index is 625. The van der Waals surface area contributed by atoms with E-state index in [1.807, 2.05) is 48.5 Å². The molecule has 1 aliphatic heterocycles. The average Bonchev–Trinajstić information content (AvgIpc) is 2.92. The maximum Gasteiger partial charge on any atom is 0.235 e. The highest BCUT2D eigenvalue weighted by Crippen LogP contribution is 2.34. The van der Waals surface area contributed by atoms with Gasteiger partial charge in [-0.25, -0.2) is 0 Å². The van der Waals surface area contributed by atoms with Crippen molar-refractivity contribution in [1.82, 2.24) is 0 Å². The molecule has 3 rings (SSSR count). The van der Waals surface area contributed by atoms with Gasteiger partial charge in [0.2, 0.25) is 5.91 Å². The normalized spacial score (nSPS) is 16.4. The molecule has 1 amide bonds. The molecule has 2 aromatic carbocycles. The van der Waals surface area contributed by atoms with Crippen molar-refractivity contribution >= 4 is 27.5 Å². The van der Waals surface area contributed by atoms with Crippen LogP contribution in [-0.4, -0.2) is 12.5 Å². The van der Waals surface area contributed by atoms with Crippen molar-refractivity contribution in [1.29, 1.82) is 0 Å². The SMILES string of the molecule is O=C(Nc1ccc(CBr)cc1)C1COc2ccccc21. The third-order valence-corrected chi connectivity index (χ3v) is 4.04. The van der Waals surface area contributed by atoms with Crippen LogP contribution in [0.4, 0.5) is 5.69 Å². The largest absolute Gasteiger partial charge is 0.492 e. The minimum absolute atomic E-state index is 0.0263. The molecule has 0 aliphatic carbocycles. The van der Waals surface area contributed by atoms with E-state index in [4.69, 9.17) is 4.74 Å². The fourth-order valence-electron chi connectivity index (χ4n) is 2.29. The number of halogens is 1. The molecule has 1 aliphatic rings. The molecule has 0 spiro atoms. The molecule has 0 saturated carbocycles. The lowest BCUT2D eigenvalue weighted by Crippen LogP contribution is -2.22. The van der Waals surface area contributed by atoms with Gasteiger partial charge in [-0.3, -0.25) is 4.79 Å². The van der Waals surface area contributed by atoms with Crippen LogP contribution in [0, 0.1) is 0 Å². The molecule has 2 aromatic rings. The number of amides is 1. The van der Waals surface area contributed by atoms with Gasteiger partial charge in [-0.1, -0.05) is 46.3 Å². The zero-order chi connectivity index (χ0) is 13.9. The molecule has 3 nitrogen and oxygen atoms in total. The summed E-state index contributed by atoms with van der Waals surface area (Å²) in [5, 5.41) is 3.75. The van der Waals surface area contributed by atoms with E-state index in [2.05, 4.69) is 21.2 Å². The lowest BCUT2D eigenvalue weighted by atomic mass is 10.0. The first-order valence-corrected chi connectivity index (χ1v) is 7.57. The van der Waals surface area contributed by atoms with Gasteiger partial charge < -0.3 is 10.1 Å². The lowest BCUT2D eigenvalue weighted by molar-refractivity contribution is -0.117. The van der Waals surface area contributed by atoms with Crippen molar-refractivity contribution < 1.29 is 9.53 Å². The highest BCUT2D eigenvalue weighted by molar-refractivity contribution is 9.08. The Kier molecular flexibility index (Phi) is 3.74. The van der Waals surface area contributed by atoms with E-state index in [-0.39, 0.29) is 11.8 Å². The summed E-state index contributed by atoms with van der Waals surface area (Å²) in [5.74, 6) is 0.547. The van der Waals surface area contributed by atoms with Crippen molar-refractivity contribution in [2.24, 2.45) is 0 Å². The number of fused-ring (bicyclic) bond motifs is 1.